The number of hydrogen-bond acceptors (Lipinski definition) is 5. The van der Waals surface area contributed by atoms with Gasteiger partial charge in [0, 0.05) is 17.3 Å². The molecule has 1 aromatic heterocycles. The monoisotopic (exact) mass is 198 g/mol. The average molecular weight is 198 g/mol. The van der Waals surface area contributed by atoms with Crippen molar-refractivity contribution in [1.82, 2.24) is 0 Å². The quantitative estimate of drug-likeness (QED) is 0.429. The lowest BCUT2D eigenvalue weighted by Crippen LogP contribution is -2.23. The fourth-order valence-corrected chi connectivity index (χ4v) is 1.79. The molecule has 0 unspecified atom stereocenters. The van der Waals surface area contributed by atoms with Crippen LogP contribution in [-0.2, 0) is 11.2 Å². The standard InChI is InChI=1S/C8H9NO3S/c1-5(9-12)7-3-2-6(13-7)4-8(10)11/h2-3,12H,4H2,1H3,(H,10,11)/p-1/b9-5+. The van der Waals surface area contributed by atoms with Gasteiger partial charge in [-0.05, 0) is 19.1 Å². The summed E-state index contributed by atoms with van der Waals surface area (Å²) in [6, 6.07) is 3.41. The van der Waals surface area contributed by atoms with Crippen LogP contribution in [0.4, 0.5) is 0 Å². The fraction of sp³-hybridized carbons (Fsp3) is 0.250. The SMILES string of the molecule is C/C(=N\O)c1ccc(CC(=O)[O-])s1. The Labute approximate surface area is 79.1 Å². The number of carboxylic acid groups (broad SMARTS) is 1. The molecular weight excluding hydrogens is 190 g/mol. The first kappa shape index (κ1) is 9.73. The lowest BCUT2D eigenvalue weighted by Gasteiger charge is -1.96. The summed E-state index contributed by atoms with van der Waals surface area (Å²) in [7, 11) is 0. The van der Waals surface area contributed by atoms with Gasteiger partial charge in [0.2, 0.25) is 0 Å². The molecule has 0 amide bonds. The zero-order valence-electron chi connectivity index (χ0n) is 6.98. The van der Waals surface area contributed by atoms with E-state index in [1.165, 1.54) is 11.3 Å². The smallest absolute Gasteiger partial charge is 0.0936 e. The van der Waals surface area contributed by atoms with Crippen LogP contribution in [0.25, 0.3) is 0 Å². The molecule has 0 radical (unpaired) electrons. The van der Waals surface area contributed by atoms with Crippen molar-refractivity contribution in [3.8, 4) is 0 Å². The molecule has 70 valence electrons. The first-order valence-electron chi connectivity index (χ1n) is 3.61. The van der Waals surface area contributed by atoms with Gasteiger partial charge >= 0.3 is 0 Å². The molecule has 4 nitrogen and oxygen atoms in total. The van der Waals surface area contributed by atoms with Crippen LogP contribution in [-0.4, -0.2) is 16.9 Å². The van der Waals surface area contributed by atoms with Gasteiger partial charge in [0.25, 0.3) is 0 Å². The first-order valence-corrected chi connectivity index (χ1v) is 4.42. The lowest BCUT2D eigenvalue weighted by atomic mass is 10.3. The minimum atomic E-state index is -1.10. The van der Waals surface area contributed by atoms with Gasteiger partial charge in [0.15, 0.2) is 0 Å². The highest BCUT2D eigenvalue weighted by atomic mass is 32.1. The zero-order chi connectivity index (χ0) is 9.84. The van der Waals surface area contributed by atoms with Gasteiger partial charge in [-0.3, -0.25) is 0 Å². The molecule has 1 N–H and O–H groups in total. The summed E-state index contributed by atoms with van der Waals surface area (Å²) in [6.45, 7) is 1.65. The van der Waals surface area contributed by atoms with Gasteiger partial charge in [0.05, 0.1) is 10.6 Å². The molecule has 13 heavy (non-hydrogen) atoms. The molecule has 0 aliphatic carbocycles. The molecule has 0 aliphatic rings. The Morgan fingerprint density at radius 3 is 2.92 bits per heavy atom. The molecule has 0 bridgehead atoms. The van der Waals surface area contributed by atoms with Crippen LogP contribution in [0.3, 0.4) is 0 Å². The van der Waals surface area contributed by atoms with Crippen molar-refractivity contribution in [2.45, 2.75) is 13.3 Å². The average Bonchev–Trinajstić information content (AvgIpc) is 2.50. The van der Waals surface area contributed by atoms with Crippen molar-refractivity contribution in [1.29, 1.82) is 0 Å². The Morgan fingerprint density at radius 2 is 2.38 bits per heavy atom. The maximum Gasteiger partial charge on any atom is 0.0936 e. The lowest BCUT2D eigenvalue weighted by molar-refractivity contribution is -0.304. The van der Waals surface area contributed by atoms with Crippen molar-refractivity contribution in [2.75, 3.05) is 0 Å². The third-order valence-electron chi connectivity index (χ3n) is 1.49. The number of thiophene rings is 1. The van der Waals surface area contributed by atoms with Gasteiger partial charge in [-0.15, -0.1) is 11.3 Å². The van der Waals surface area contributed by atoms with Gasteiger partial charge < -0.3 is 15.1 Å². The minimum absolute atomic E-state index is 0.0939. The van der Waals surface area contributed by atoms with Crippen LogP contribution in [0.15, 0.2) is 17.3 Å². The second-order valence-electron chi connectivity index (χ2n) is 2.50. The number of aliphatic carboxylic acids is 1. The third kappa shape index (κ3) is 2.55. The molecule has 0 saturated carbocycles. The number of hydrogen-bond donors (Lipinski definition) is 1. The molecule has 5 heteroatoms. The Kier molecular flexibility index (Phi) is 3.02. The highest BCUT2D eigenvalue weighted by Crippen LogP contribution is 2.17. The van der Waals surface area contributed by atoms with E-state index in [1.54, 1.807) is 19.1 Å². The van der Waals surface area contributed by atoms with Crippen LogP contribution in [0, 0.1) is 0 Å². The van der Waals surface area contributed by atoms with Crippen LogP contribution in [0.5, 0.6) is 0 Å². The van der Waals surface area contributed by atoms with Crippen LogP contribution in [0.1, 0.15) is 16.7 Å². The molecule has 0 atom stereocenters. The second kappa shape index (κ2) is 4.04. The minimum Gasteiger partial charge on any atom is -0.550 e. The van der Waals surface area contributed by atoms with E-state index in [4.69, 9.17) is 5.21 Å². The van der Waals surface area contributed by atoms with E-state index in [-0.39, 0.29) is 6.42 Å². The molecule has 0 aliphatic heterocycles. The Morgan fingerprint density at radius 1 is 1.69 bits per heavy atom. The molecule has 0 fully saturated rings. The van der Waals surface area contributed by atoms with E-state index >= 15 is 0 Å². The topological polar surface area (TPSA) is 72.7 Å². The van der Waals surface area contributed by atoms with Crippen LogP contribution < -0.4 is 5.11 Å². The van der Waals surface area contributed by atoms with Gasteiger partial charge in [-0.1, -0.05) is 5.16 Å². The van der Waals surface area contributed by atoms with E-state index in [1.807, 2.05) is 0 Å². The van der Waals surface area contributed by atoms with Gasteiger partial charge in [-0.2, -0.15) is 0 Å². The van der Waals surface area contributed by atoms with Gasteiger partial charge in [0.1, 0.15) is 0 Å². The van der Waals surface area contributed by atoms with Crippen molar-refractivity contribution in [3.63, 3.8) is 0 Å². The summed E-state index contributed by atoms with van der Waals surface area (Å²) in [6.07, 6.45) is -0.0939. The van der Waals surface area contributed by atoms with Crippen molar-refractivity contribution in [3.05, 3.63) is 21.9 Å². The maximum absolute atomic E-state index is 10.2. The predicted molar refractivity (Wildman–Crippen MR) is 47.0 cm³/mol. The van der Waals surface area contributed by atoms with Crippen LogP contribution in [0.2, 0.25) is 0 Å². The van der Waals surface area contributed by atoms with E-state index in [0.29, 0.717) is 10.6 Å². The Bertz CT molecular complexity index is 343. The summed E-state index contributed by atoms with van der Waals surface area (Å²) in [5.74, 6) is -1.10. The number of carbonyl (C=O) groups is 1. The summed E-state index contributed by atoms with van der Waals surface area (Å²) in [5.41, 5.74) is 0.481. The molecule has 1 rings (SSSR count). The van der Waals surface area contributed by atoms with E-state index < -0.39 is 5.97 Å². The Balaban J connectivity index is 2.80. The number of oxime groups is 1. The van der Waals surface area contributed by atoms with Crippen LogP contribution >= 0.6 is 11.3 Å². The van der Waals surface area contributed by atoms with Crippen molar-refractivity contribution in [2.24, 2.45) is 5.16 Å². The fourth-order valence-electron chi connectivity index (χ4n) is 0.859. The molecule has 0 aromatic carbocycles. The number of carboxylic acids is 1. The summed E-state index contributed by atoms with van der Waals surface area (Å²) in [4.78, 5) is 11.7. The van der Waals surface area contributed by atoms with Crippen molar-refractivity contribution < 1.29 is 15.1 Å². The normalized spacial score (nSPS) is 11.6. The summed E-state index contributed by atoms with van der Waals surface area (Å²) < 4.78 is 0. The molecule has 0 saturated heterocycles. The number of rotatable bonds is 3. The molecule has 1 aromatic rings. The highest BCUT2D eigenvalue weighted by molar-refractivity contribution is 7.14. The number of carbonyl (C=O) groups excluding carboxylic acids is 1. The maximum atomic E-state index is 10.2. The number of nitrogens with zero attached hydrogens (tertiary/aromatic N) is 1. The van der Waals surface area contributed by atoms with E-state index in [0.717, 1.165) is 4.88 Å². The van der Waals surface area contributed by atoms with Gasteiger partial charge in [-0.25, -0.2) is 0 Å². The zero-order valence-corrected chi connectivity index (χ0v) is 7.80. The second-order valence-corrected chi connectivity index (χ2v) is 3.67. The van der Waals surface area contributed by atoms with E-state index in [2.05, 4.69) is 5.16 Å². The first-order chi connectivity index (χ1) is 6.13. The summed E-state index contributed by atoms with van der Waals surface area (Å²) in [5, 5.41) is 21.7. The third-order valence-corrected chi connectivity index (χ3v) is 2.68. The molecule has 0 spiro atoms. The molecule has 1 heterocycles. The molecular formula is C8H8NO3S-. The largest absolute Gasteiger partial charge is 0.550 e. The highest BCUT2D eigenvalue weighted by Gasteiger charge is 2.03. The Hall–Kier alpha value is -1.36. The summed E-state index contributed by atoms with van der Waals surface area (Å²) >= 11 is 1.28. The van der Waals surface area contributed by atoms with E-state index in [9.17, 15) is 9.90 Å². The van der Waals surface area contributed by atoms with Crippen molar-refractivity contribution >= 4 is 23.0 Å². The predicted octanol–water partition coefficient (Wildman–Crippen LogP) is 0.239.